The van der Waals surface area contributed by atoms with Crippen LogP contribution in [0.2, 0.25) is 0 Å². The van der Waals surface area contributed by atoms with E-state index in [9.17, 15) is 0 Å². The summed E-state index contributed by atoms with van der Waals surface area (Å²) in [7, 11) is 0. The van der Waals surface area contributed by atoms with Gasteiger partial charge in [-0.25, -0.2) is 12.1 Å². The van der Waals surface area contributed by atoms with Crippen LogP contribution in [-0.4, -0.2) is 0 Å². The molecule has 136 valence electrons. The van der Waals surface area contributed by atoms with Crippen LogP contribution in [0.3, 0.4) is 0 Å². The average Bonchev–Trinajstić information content (AvgIpc) is 3.13. The van der Waals surface area contributed by atoms with E-state index in [1.807, 2.05) is 30.3 Å². The molecule has 0 aliphatic heterocycles. The van der Waals surface area contributed by atoms with Crippen molar-refractivity contribution in [3.05, 3.63) is 102 Å². The van der Waals surface area contributed by atoms with Crippen LogP contribution < -0.4 is 0 Å². The summed E-state index contributed by atoms with van der Waals surface area (Å²) in [4.78, 5) is 0. The number of rotatable bonds is 0. The van der Waals surface area contributed by atoms with Crippen molar-refractivity contribution in [2.75, 3.05) is 0 Å². The van der Waals surface area contributed by atoms with Gasteiger partial charge < -0.3 is 6.92 Å². The fourth-order valence-corrected chi connectivity index (χ4v) is 1.54. The van der Waals surface area contributed by atoms with Crippen molar-refractivity contribution in [3.63, 3.8) is 0 Å². The summed E-state index contributed by atoms with van der Waals surface area (Å²) in [6.07, 6.45) is 0. The van der Waals surface area contributed by atoms with Crippen LogP contribution in [-0.2, 0) is 26.2 Å². The molecule has 3 heteroatoms. The summed E-state index contributed by atoms with van der Waals surface area (Å²) in [6.45, 7) is 13.5. The Bertz CT molecular complexity index is 485. The monoisotopic (exact) mass is 454 g/mol. The summed E-state index contributed by atoms with van der Waals surface area (Å²) in [5, 5.41) is 0. The van der Waals surface area contributed by atoms with Gasteiger partial charge in [0.2, 0.25) is 0 Å². The number of hydrogen-bond acceptors (Lipinski definition) is 0. The van der Waals surface area contributed by atoms with Crippen molar-refractivity contribution in [2.24, 2.45) is 0 Å². The summed E-state index contributed by atoms with van der Waals surface area (Å²) >= 11 is 0. The van der Waals surface area contributed by atoms with Gasteiger partial charge in [0.05, 0.1) is 0 Å². The van der Waals surface area contributed by atoms with E-state index in [4.69, 9.17) is 0 Å². The van der Waals surface area contributed by atoms with Crippen molar-refractivity contribution < 1.29 is 26.2 Å². The van der Waals surface area contributed by atoms with Gasteiger partial charge in [-0.1, -0.05) is 27.7 Å². The maximum absolute atomic E-state index is 3.25. The zero-order valence-corrected chi connectivity index (χ0v) is 20.0. The minimum absolute atomic E-state index is 0. The Morgan fingerprint density at radius 1 is 0.720 bits per heavy atom. The van der Waals surface area contributed by atoms with Crippen LogP contribution in [0.15, 0.2) is 66.7 Å². The van der Waals surface area contributed by atoms with Crippen LogP contribution >= 0.6 is 24.8 Å². The van der Waals surface area contributed by atoms with Gasteiger partial charge in [-0.05, 0) is 0 Å². The third kappa shape index (κ3) is 16.6. The van der Waals surface area contributed by atoms with Crippen LogP contribution in [0.4, 0.5) is 0 Å². The first-order valence-corrected chi connectivity index (χ1v) is 7.61. The maximum atomic E-state index is 3.25. The Hall–Kier alpha value is -0.617. The van der Waals surface area contributed by atoms with Crippen molar-refractivity contribution in [2.45, 2.75) is 34.6 Å². The largest absolute Gasteiger partial charge is 4.00 e. The van der Waals surface area contributed by atoms with E-state index in [2.05, 4.69) is 77.1 Å². The van der Waals surface area contributed by atoms with E-state index in [0.717, 1.165) is 0 Å². The van der Waals surface area contributed by atoms with Gasteiger partial charge >= 0.3 is 26.2 Å². The van der Waals surface area contributed by atoms with Gasteiger partial charge in [-0.2, -0.15) is 89.8 Å². The summed E-state index contributed by atoms with van der Waals surface area (Å²) in [6, 6.07) is 25.1. The predicted octanol–water partition coefficient (Wildman–Crippen LogP) is 7.21. The summed E-state index contributed by atoms with van der Waals surface area (Å²) in [5.74, 6) is 0. The van der Waals surface area contributed by atoms with Crippen LogP contribution in [0.1, 0.15) is 29.2 Å². The third-order valence-electron chi connectivity index (χ3n) is 3.24. The molecular formula is C22H30Cl2Zr. The van der Waals surface area contributed by atoms with E-state index in [-0.39, 0.29) is 51.0 Å². The minimum atomic E-state index is 0. The van der Waals surface area contributed by atoms with E-state index < -0.39 is 0 Å². The molecule has 0 N–H and O–H groups in total. The molecule has 3 aromatic rings. The van der Waals surface area contributed by atoms with Crippen LogP contribution in [0.5, 0.6) is 0 Å². The van der Waals surface area contributed by atoms with Gasteiger partial charge in [0.15, 0.2) is 0 Å². The second-order valence-electron chi connectivity index (χ2n) is 4.86. The molecule has 0 spiro atoms. The number of halogens is 2. The molecule has 0 atom stereocenters. The van der Waals surface area contributed by atoms with Gasteiger partial charge in [0, 0.05) is 0 Å². The molecular weight excluding hydrogens is 426 g/mol. The second-order valence-corrected chi connectivity index (χ2v) is 4.86. The molecule has 0 aliphatic rings. The van der Waals surface area contributed by atoms with Gasteiger partial charge in [-0.3, -0.25) is 0 Å². The van der Waals surface area contributed by atoms with Crippen LogP contribution in [0, 0.1) is 40.7 Å². The van der Waals surface area contributed by atoms with Crippen molar-refractivity contribution in [1.29, 1.82) is 0 Å². The molecule has 0 aromatic heterocycles. The normalized spacial score (nSPS) is 7.44. The Labute approximate surface area is 186 Å². The van der Waals surface area contributed by atoms with E-state index in [1.54, 1.807) is 6.92 Å². The number of benzene rings is 1. The van der Waals surface area contributed by atoms with Crippen LogP contribution in [0.25, 0.3) is 0 Å². The average molecular weight is 457 g/mol. The SMILES string of the molecule is Cc1cc[cH-]c1C.Cc1cc[cH-]c1C.Cl.Cl.[CH2-]C.[Zr+4].[c-]1ccccc1. The quantitative estimate of drug-likeness (QED) is 0.314. The zero-order valence-electron chi connectivity index (χ0n) is 15.9. The molecule has 0 unspecified atom stereocenters. The summed E-state index contributed by atoms with van der Waals surface area (Å²) in [5.41, 5.74) is 5.56. The molecule has 0 heterocycles. The van der Waals surface area contributed by atoms with Crippen molar-refractivity contribution in [3.8, 4) is 0 Å². The first-order chi connectivity index (χ1) is 10.6. The first-order valence-electron chi connectivity index (χ1n) is 7.61. The molecule has 0 saturated carbocycles. The molecule has 3 aromatic carbocycles. The Kier molecular flexibility index (Phi) is 27.5. The Morgan fingerprint density at radius 3 is 1.16 bits per heavy atom. The molecule has 0 saturated heterocycles. The standard InChI is InChI=1S/2C7H9.C6H5.C2H5.2ClH.Zr/c2*1-6-4-3-5-7(6)2;1-2-4-6-5-3-1;1-2;;;/h2*3-5H,1-2H3;1-5H;1H2,2H3;2*1H;/q4*-1;;;+4. The molecule has 0 radical (unpaired) electrons. The number of hydrogen-bond donors (Lipinski definition) is 0. The minimum Gasteiger partial charge on any atom is -0.346 e. The molecule has 0 fully saturated rings. The Balaban J connectivity index is -0.000000119. The fourth-order valence-electron chi connectivity index (χ4n) is 1.54. The van der Waals surface area contributed by atoms with Crippen molar-refractivity contribution >= 4 is 24.8 Å². The molecule has 0 bridgehead atoms. The molecule has 0 aliphatic carbocycles. The van der Waals surface area contributed by atoms with Crippen molar-refractivity contribution in [1.82, 2.24) is 0 Å². The second kappa shape index (κ2) is 21.4. The fraction of sp³-hybridized carbons (Fsp3) is 0.227. The first kappa shape index (κ1) is 32.1. The molecule has 3 rings (SSSR count). The van der Waals surface area contributed by atoms with E-state index >= 15 is 0 Å². The maximum Gasteiger partial charge on any atom is 4.00 e. The third-order valence-corrected chi connectivity index (χ3v) is 3.24. The Morgan fingerprint density at radius 2 is 1.08 bits per heavy atom. The van der Waals surface area contributed by atoms with E-state index in [0.29, 0.717) is 0 Å². The number of aryl methyl sites for hydroxylation is 4. The van der Waals surface area contributed by atoms with Gasteiger partial charge in [0.25, 0.3) is 0 Å². The molecule has 0 amide bonds. The smallest absolute Gasteiger partial charge is 0.346 e. The predicted molar refractivity (Wildman–Crippen MR) is 114 cm³/mol. The molecule has 0 nitrogen and oxygen atoms in total. The van der Waals surface area contributed by atoms with Gasteiger partial charge in [0.1, 0.15) is 0 Å². The summed E-state index contributed by atoms with van der Waals surface area (Å²) < 4.78 is 0. The van der Waals surface area contributed by atoms with Gasteiger partial charge in [-0.15, -0.1) is 24.8 Å². The zero-order chi connectivity index (χ0) is 16.8. The van der Waals surface area contributed by atoms with E-state index in [1.165, 1.54) is 22.3 Å². The molecule has 25 heavy (non-hydrogen) atoms. The topological polar surface area (TPSA) is 0 Å².